The minimum absolute atomic E-state index is 0.0278. The van der Waals surface area contributed by atoms with Crippen molar-refractivity contribution in [2.75, 3.05) is 0 Å². The number of carbonyl (C=O) groups is 1. The van der Waals surface area contributed by atoms with Crippen LogP contribution in [0.15, 0.2) is 12.1 Å². The molecule has 2 N–H and O–H groups in total. The van der Waals surface area contributed by atoms with Crippen molar-refractivity contribution in [3.05, 3.63) is 28.8 Å². The average molecular weight is 208 g/mol. The molecule has 0 bridgehead atoms. The second kappa shape index (κ2) is 3.57. The maximum absolute atomic E-state index is 10.9. The topological polar surface area (TPSA) is 57.5 Å². The Morgan fingerprint density at radius 1 is 1.27 bits per heavy atom. The first-order valence-electron chi connectivity index (χ1n) is 4.81. The van der Waals surface area contributed by atoms with Crippen molar-refractivity contribution in [2.45, 2.75) is 33.1 Å². The molecule has 0 fully saturated rings. The average Bonchev–Trinajstić information content (AvgIpc) is 2.06. The molecule has 1 rings (SSSR count). The second-order valence-corrected chi connectivity index (χ2v) is 4.74. The molecule has 0 saturated heterocycles. The van der Waals surface area contributed by atoms with Crippen LogP contribution in [0.5, 0.6) is 5.75 Å². The minimum Gasteiger partial charge on any atom is -0.507 e. The van der Waals surface area contributed by atoms with E-state index in [2.05, 4.69) is 0 Å². The molecule has 0 saturated carbocycles. The van der Waals surface area contributed by atoms with Crippen LogP contribution >= 0.6 is 0 Å². The van der Waals surface area contributed by atoms with Gasteiger partial charge in [-0.25, -0.2) is 4.79 Å². The number of phenols is 1. The van der Waals surface area contributed by atoms with Crippen LogP contribution in [0.3, 0.4) is 0 Å². The highest BCUT2D eigenvalue weighted by atomic mass is 16.4. The lowest BCUT2D eigenvalue weighted by molar-refractivity contribution is 0.0693. The zero-order chi connectivity index (χ0) is 11.8. The lowest BCUT2D eigenvalue weighted by Gasteiger charge is -2.20. The fourth-order valence-electron chi connectivity index (χ4n) is 1.38. The highest BCUT2D eigenvalue weighted by Gasteiger charge is 2.19. The number of rotatable bonds is 1. The molecule has 82 valence electrons. The molecule has 0 aromatic heterocycles. The first kappa shape index (κ1) is 11.6. The first-order chi connectivity index (χ1) is 6.73. The predicted molar refractivity (Wildman–Crippen MR) is 58.5 cm³/mol. The standard InChI is InChI=1S/C12H16O3/c1-7-5-8(12(2,3)4)6-9(10(7)13)11(14)15/h5-6,13H,1-4H3,(H,14,15). The number of aromatic carboxylic acids is 1. The van der Waals surface area contributed by atoms with E-state index in [-0.39, 0.29) is 16.7 Å². The van der Waals surface area contributed by atoms with Gasteiger partial charge in [-0.15, -0.1) is 0 Å². The third-order valence-electron chi connectivity index (χ3n) is 2.40. The van der Waals surface area contributed by atoms with E-state index in [4.69, 9.17) is 5.11 Å². The van der Waals surface area contributed by atoms with Gasteiger partial charge in [0.2, 0.25) is 0 Å². The summed E-state index contributed by atoms with van der Waals surface area (Å²) in [6.45, 7) is 7.72. The summed E-state index contributed by atoms with van der Waals surface area (Å²) in [6.07, 6.45) is 0. The Morgan fingerprint density at radius 3 is 2.20 bits per heavy atom. The molecule has 3 heteroatoms. The summed E-state index contributed by atoms with van der Waals surface area (Å²) < 4.78 is 0. The summed E-state index contributed by atoms with van der Waals surface area (Å²) in [5.74, 6) is -1.24. The predicted octanol–water partition coefficient (Wildman–Crippen LogP) is 2.70. The largest absolute Gasteiger partial charge is 0.507 e. The van der Waals surface area contributed by atoms with Crippen LogP contribution < -0.4 is 0 Å². The van der Waals surface area contributed by atoms with E-state index in [0.717, 1.165) is 5.56 Å². The van der Waals surface area contributed by atoms with Crippen molar-refractivity contribution in [1.82, 2.24) is 0 Å². The van der Waals surface area contributed by atoms with Crippen LogP contribution in [-0.2, 0) is 5.41 Å². The van der Waals surface area contributed by atoms with Crippen LogP contribution in [0.25, 0.3) is 0 Å². The van der Waals surface area contributed by atoms with E-state index in [1.807, 2.05) is 26.8 Å². The van der Waals surface area contributed by atoms with Crippen molar-refractivity contribution < 1.29 is 15.0 Å². The van der Waals surface area contributed by atoms with Gasteiger partial charge >= 0.3 is 5.97 Å². The second-order valence-electron chi connectivity index (χ2n) is 4.74. The Bertz CT molecular complexity index is 400. The monoisotopic (exact) mass is 208 g/mol. The van der Waals surface area contributed by atoms with Crippen LogP contribution in [0.4, 0.5) is 0 Å². The lowest BCUT2D eigenvalue weighted by atomic mass is 9.85. The molecule has 1 aromatic rings. The molecule has 0 spiro atoms. The minimum atomic E-state index is -1.10. The molecule has 0 aliphatic carbocycles. The van der Waals surface area contributed by atoms with Crippen molar-refractivity contribution >= 4 is 5.97 Å². The third kappa shape index (κ3) is 2.29. The van der Waals surface area contributed by atoms with Crippen LogP contribution in [-0.4, -0.2) is 16.2 Å². The zero-order valence-electron chi connectivity index (χ0n) is 9.46. The Kier molecular flexibility index (Phi) is 2.75. The van der Waals surface area contributed by atoms with E-state index in [1.54, 1.807) is 6.92 Å². The Morgan fingerprint density at radius 2 is 1.80 bits per heavy atom. The number of hydrogen-bond donors (Lipinski definition) is 2. The van der Waals surface area contributed by atoms with Gasteiger partial charge in [-0.05, 0) is 29.5 Å². The molecule has 3 nitrogen and oxygen atoms in total. The van der Waals surface area contributed by atoms with Gasteiger partial charge in [0.1, 0.15) is 11.3 Å². The van der Waals surface area contributed by atoms with Gasteiger partial charge in [-0.1, -0.05) is 26.8 Å². The van der Waals surface area contributed by atoms with E-state index in [1.165, 1.54) is 6.07 Å². The van der Waals surface area contributed by atoms with Gasteiger partial charge in [-0.3, -0.25) is 0 Å². The summed E-state index contributed by atoms with van der Waals surface area (Å²) in [7, 11) is 0. The van der Waals surface area contributed by atoms with Crippen LogP contribution in [0.2, 0.25) is 0 Å². The Balaban J connectivity index is 3.43. The van der Waals surface area contributed by atoms with Crippen molar-refractivity contribution in [1.29, 1.82) is 0 Å². The van der Waals surface area contributed by atoms with Gasteiger partial charge in [-0.2, -0.15) is 0 Å². The van der Waals surface area contributed by atoms with Crippen molar-refractivity contribution in [2.24, 2.45) is 0 Å². The number of carboxylic acid groups (broad SMARTS) is 1. The Labute approximate surface area is 89.4 Å². The summed E-state index contributed by atoms with van der Waals surface area (Å²) in [6, 6.07) is 3.35. The molecule has 0 amide bonds. The quantitative estimate of drug-likeness (QED) is 0.746. The number of hydrogen-bond acceptors (Lipinski definition) is 2. The summed E-state index contributed by atoms with van der Waals surface area (Å²) in [4.78, 5) is 10.9. The third-order valence-corrected chi connectivity index (χ3v) is 2.40. The first-order valence-corrected chi connectivity index (χ1v) is 4.81. The van der Waals surface area contributed by atoms with E-state index in [9.17, 15) is 9.90 Å². The highest BCUT2D eigenvalue weighted by molar-refractivity contribution is 5.91. The summed E-state index contributed by atoms with van der Waals surface area (Å²) in [5, 5.41) is 18.5. The zero-order valence-corrected chi connectivity index (χ0v) is 9.46. The van der Waals surface area contributed by atoms with E-state index < -0.39 is 5.97 Å². The molecule has 0 aliphatic rings. The van der Waals surface area contributed by atoms with Gasteiger partial charge < -0.3 is 10.2 Å². The number of aryl methyl sites for hydroxylation is 1. The fourth-order valence-corrected chi connectivity index (χ4v) is 1.38. The normalized spacial score (nSPS) is 11.5. The molecule has 0 atom stereocenters. The summed E-state index contributed by atoms with van der Waals surface area (Å²) >= 11 is 0. The molecule has 0 unspecified atom stereocenters. The van der Waals surface area contributed by atoms with Crippen molar-refractivity contribution in [3.8, 4) is 5.75 Å². The number of benzene rings is 1. The lowest BCUT2D eigenvalue weighted by Crippen LogP contribution is -2.13. The van der Waals surface area contributed by atoms with Gasteiger partial charge in [0, 0.05) is 0 Å². The molecule has 15 heavy (non-hydrogen) atoms. The van der Waals surface area contributed by atoms with Gasteiger partial charge in [0.15, 0.2) is 0 Å². The summed E-state index contributed by atoms with van der Waals surface area (Å²) in [5.41, 5.74) is 1.36. The maximum Gasteiger partial charge on any atom is 0.339 e. The Hall–Kier alpha value is -1.51. The van der Waals surface area contributed by atoms with Crippen LogP contribution in [0.1, 0.15) is 42.3 Å². The van der Waals surface area contributed by atoms with Gasteiger partial charge in [0.05, 0.1) is 0 Å². The smallest absolute Gasteiger partial charge is 0.339 e. The number of aromatic hydroxyl groups is 1. The van der Waals surface area contributed by atoms with E-state index >= 15 is 0 Å². The maximum atomic E-state index is 10.9. The van der Waals surface area contributed by atoms with Gasteiger partial charge in [0.25, 0.3) is 0 Å². The SMILES string of the molecule is Cc1cc(C(C)(C)C)cc(C(=O)O)c1O. The highest BCUT2D eigenvalue weighted by Crippen LogP contribution is 2.30. The number of carboxylic acids is 1. The van der Waals surface area contributed by atoms with E-state index in [0.29, 0.717) is 5.56 Å². The molecule has 0 heterocycles. The molecular weight excluding hydrogens is 192 g/mol. The fraction of sp³-hybridized carbons (Fsp3) is 0.417. The van der Waals surface area contributed by atoms with Crippen molar-refractivity contribution in [3.63, 3.8) is 0 Å². The molecular formula is C12H16O3. The van der Waals surface area contributed by atoms with Crippen LogP contribution in [0, 0.1) is 6.92 Å². The molecule has 0 aliphatic heterocycles. The molecule has 0 radical (unpaired) electrons. The molecule has 1 aromatic carbocycles.